The molecule has 5 aliphatic rings. The third-order valence-electron chi connectivity index (χ3n) is 7.88. The van der Waals surface area contributed by atoms with E-state index in [2.05, 4.69) is 17.0 Å². The van der Waals surface area contributed by atoms with Gasteiger partial charge >= 0.3 is 0 Å². The molecule has 0 atom stereocenters. The van der Waals surface area contributed by atoms with Gasteiger partial charge in [0.25, 0.3) is 0 Å². The number of rotatable bonds is 3. The highest BCUT2D eigenvalue weighted by Crippen LogP contribution is 2.64. The molecule has 0 unspecified atom stereocenters. The van der Waals surface area contributed by atoms with E-state index >= 15 is 0 Å². The molecule has 1 aromatic rings. The minimum absolute atomic E-state index is 0.0671. The summed E-state index contributed by atoms with van der Waals surface area (Å²) in [5, 5.41) is 0.800. The predicted molar refractivity (Wildman–Crippen MR) is 101 cm³/mol. The number of halogens is 1. The molecule has 0 aromatic heterocycles. The van der Waals surface area contributed by atoms with Crippen molar-refractivity contribution in [2.75, 3.05) is 13.1 Å². The summed E-state index contributed by atoms with van der Waals surface area (Å²) >= 11 is 6.18. The Morgan fingerprint density at radius 3 is 2.08 bits per heavy atom. The van der Waals surface area contributed by atoms with Gasteiger partial charge in [-0.05, 0) is 86.3 Å². The fraction of sp³-hybridized carbons (Fsp3) is 0.682. The van der Waals surface area contributed by atoms with E-state index in [9.17, 15) is 4.79 Å². The number of carbonyl (C=O) groups excluding carboxylic acids is 1. The van der Waals surface area contributed by atoms with E-state index in [0.29, 0.717) is 17.7 Å². The lowest BCUT2D eigenvalue weighted by atomic mass is 9.43. The molecule has 1 amide bonds. The quantitative estimate of drug-likeness (QED) is 0.741. The molecular formula is C22H28ClNO. The lowest BCUT2D eigenvalue weighted by Crippen LogP contribution is -2.57. The molecule has 1 aliphatic heterocycles. The molecule has 4 bridgehead atoms. The Morgan fingerprint density at radius 2 is 1.52 bits per heavy atom. The zero-order valence-electron chi connectivity index (χ0n) is 14.9. The first-order chi connectivity index (χ1) is 12.1. The Bertz CT molecular complexity index is 633. The molecule has 1 heterocycles. The highest BCUT2D eigenvalue weighted by Gasteiger charge is 2.58. The van der Waals surface area contributed by atoms with Crippen molar-refractivity contribution in [1.29, 1.82) is 0 Å². The lowest BCUT2D eigenvalue weighted by Gasteiger charge is -2.61. The summed E-state index contributed by atoms with van der Waals surface area (Å²) in [6.07, 6.45) is 9.87. The first kappa shape index (κ1) is 16.2. The standard InChI is InChI=1S/C22H28ClNO/c23-20-5-3-17(4-6-20)22(14-21(25)24-7-1-2-8-24)18-10-15-9-16(12-18)13-19(22)11-15/h3-6,15-16,18-19H,1-2,7-14H2. The van der Waals surface area contributed by atoms with Gasteiger partial charge in [-0.2, -0.15) is 0 Å². The van der Waals surface area contributed by atoms with Crippen molar-refractivity contribution < 1.29 is 4.79 Å². The van der Waals surface area contributed by atoms with E-state index in [0.717, 1.165) is 36.4 Å². The monoisotopic (exact) mass is 357 g/mol. The van der Waals surface area contributed by atoms with E-state index in [1.54, 1.807) is 0 Å². The van der Waals surface area contributed by atoms with Crippen LogP contribution in [0.5, 0.6) is 0 Å². The fourth-order valence-corrected chi connectivity index (χ4v) is 7.10. The van der Waals surface area contributed by atoms with Crippen LogP contribution in [-0.4, -0.2) is 23.9 Å². The summed E-state index contributed by atoms with van der Waals surface area (Å²) in [6, 6.07) is 8.51. The molecule has 25 heavy (non-hydrogen) atoms. The minimum atomic E-state index is 0.0671. The van der Waals surface area contributed by atoms with E-state index in [-0.39, 0.29) is 5.41 Å². The second kappa shape index (κ2) is 6.01. The average Bonchev–Trinajstić information content (AvgIpc) is 3.13. The number of nitrogens with zero attached hydrogens (tertiary/aromatic N) is 1. The van der Waals surface area contributed by atoms with Crippen molar-refractivity contribution in [2.24, 2.45) is 23.7 Å². The maximum atomic E-state index is 13.2. The van der Waals surface area contributed by atoms with Crippen LogP contribution in [-0.2, 0) is 10.2 Å². The molecule has 6 rings (SSSR count). The molecule has 4 aliphatic carbocycles. The minimum Gasteiger partial charge on any atom is -0.343 e. The van der Waals surface area contributed by atoms with Gasteiger partial charge < -0.3 is 4.90 Å². The van der Waals surface area contributed by atoms with Crippen LogP contribution < -0.4 is 0 Å². The normalized spacial score (nSPS) is 39.2. The molecule has 0 radical (unpaired) electrons. The van der Waals surface area contributed by atoms with Gasteiger partial charge in [0, 0.05) is 29.9 Å². The smallest absolute Gasteiger partial charge is 0.223 e. The van der Waals surface area contributed by atoms with Crippen LogP contribution in [0.15, 0.2) is 24.3 Å². The third-order valence-corrected chi connectivity index (χ3v) is 8.13. The Kier molecular flexibility index (Phi) is 3.89. The summed E-state index contributed by atoms with van der Waals surface area (Å²) in [4.78, 5) is 15.3. The molecule has 4 saturated carbocycles. The second-order valence-corrected chi connectivity index (χ2v) is 9.55. The van der Waals surface area contributed by atoms with Crippen LogP contribution in [0, 0.1) is 23.7 Å². The van der Waals surface area contributed by atoms with Gasteiger partial charge in [-0.15, -0.1) is 0 Å². The van der Waals surface area contributed by atoms with E-state index in [4.69, 9.17) is 11.6 Å². The van der Waals surface area contributed by atoms with E-state index in [1.807, 2.05) is 12.1 Å². The summed E-state index contributed by atoms with van der Waals surface area (Å²) < 4.78 is 0. The zero-order valence-corrected chi connectivity index (χ0v) is 15.7. The molecule has 5 fully saturated rings. The Balaban J connectivity index is 1.53. The number of benzene rings is 1. The molecule has 2 nitrogen and oxygen atoms in total. The topological polar surface area (TPSA) is 20.3 Å². The van der Waals surface area contributed by atoms with Gasteiger partial charge in [-0.1, -0.05) is 23.7 Å². The zero-order chi connectivity index (χ0) is 17.0. The molecular weight excluding hydrogens is 330 g/mol. The van der Waals surface area contributed by atoms with Crippen LogP contribution in [0.1, 0.15) is 56.9 Å². The Morgan fingerprint density at radius 1 is 0.960 bits per heavy atom. The SMILES string of the molecule is O=C(CC1(c2ccc(Cl)cc2)C2CC3CC(C2)CC1C3)N1CCCC1. The number of amides is 1. The lowest BCUT2D eigenvalue weighted by molar-refractivity contribution is -0.138. The van der Waals surface area contributed by atoms with Crippen molar-refractivity contribution in [1.82, 2.24) is 4.90 Å². The van der Waals surface area contributed by atoms with Crippen LogP contribution in [0.3, 0.4) is 0 Å². The van der Waals surface area contributed by atoms with Crippen LogP contribution in [0.2, 0.25) is 5.02 Å². The Labute approximate surface area is 155 Å². The van der Waals surface area contributed by atoms with E-state index in [1.165, 1.54) is 50.5 Å². The summed E-state index contributed by atoms with van der Waals surface area (Å²) in [6.45, 7) is 1.94. The predicted octanol–water partition coefficient (Wildman–Crippen LogP) is 5.05. The van der Waals surface area contributed by atoms with Crippen molar-refractivity contribution in [3.05, 3.63) is 34.9 Å². The first-order valence-electron chi connectivity index (χ1n) is 10.2. The molecule has 3 heteroatoms. The largest absolute Gasteiger partial charge is 0.343 e. The van der Waals surface area contributed by atoms with Crippen LogP contribution in [0.25, 0.3) is 0 Å². The highest BCUT2D eigenvalue weighted by atomic mass is 35.5. The van der Waals surface area contributed by atoms with Gasteiger partial charge in [0.05, 0.1) is 0 Å². The maximum absolute atomic E-state index is 13.2. The van der Waals surface area contributed by atoms with Gasteiger partial charge in [0.1, 0.15) is 0 Å². The number of hydrogen-bond acceptors (Lipinski definition) is 1. The summed E-state index contributed by atoms with van der Waals surface area (Å²) in [5.41, 5.74) is 1.45. The van der Waals surface area contributed by atoms with Crippen molar-refractivity contribution in [3.63, 3.8) is 0 Å². The highest BCUT2D eigenvalue weighted by molar-refractivity contribution is 6.30. The number of carbonyl (C=O) groups is 1. The summed E-state index contributed by atoms with van der Waals surface area (Å²) in [7, 11) is 0. The van der Waals surface area contributed by atoms with Crippen LogP contribution in [0.4, 0.5) is 0 Å². The van der Waals surface area contributed by atoms with Gasteiger partial charge in [-0.25, -0.2) is 0 Å². The molecule has 134 valence electrons. The Hall–Kier alpha value is -1.02. The van der Waals surface area contributed by atoms with Gasteiger partial charge in [0.2, 0.25) is 5.91 Å². The van der Waals surface area contributed by atoms with Crippen LogP contribution >= 0.6 is 11.6 Å². The third kappa shape index (κ3) is 2.55. The molecule has 0 spiro atoms. The van der Waals surface area contributed by atoms with Crippen molar-refractivity contribution in [2.45, 2.75) is 56.8 Å². The summed E-state index contributed by atoms with van der Waals surface area (Å²) in [5.74, 6) is 3.63. The molecule has 1 saturated heterocycles. The van der Waals surface area contributed by atoms with Crippen molar-refractivity contribution >= 4 is 17.5 Å². The van der Waals surface area contributed by atoms with E-state index < -0.39 is 0 Å². The molecule has 0 N–H and O–H groups in total. The second-order valence-electron chi connectivity index (χ2n) is 9.12. The van der Waals surface area contributed by atoms with Gasteiger partial charge in [-0.3, -0.25) is 4.79 Å². The van der Waals surface area contributed by atoms with Gasteiger partial charge in [0.15, 0.2) is 0 Å². The maximum Gasteiger partial charge on any atom is 0.223 e. The number of likely N-dealkylation sites (tertiary alicyclic amines) is 1. The molecule has 1 aromatic carbocycles. The fourth-order valence-electron chi connectivity index (χ4n) is 6.98. The average molecular weight is 358 g/mol. The van der Waals surface area contributed by atoms with Crippen molar-refractivity contribution in [3.8, 4) is 0 Å². The first-order valence-corrected chi connectivity index (χ1v) is 10.6. The number of hydrogen-bond donors (Lipinski definition) is 0.